The maximum absolute atomic E-state index is 8.92. The van der Waals surface area contributed by atoms with Gasteiger partial charge in [-0.2, -0.15) is 0 Å². The minimum atomic E-state index is 0.247. The molecule has 0 aliphatic carbocycles. The Labute approximate surface area is 92.2 Å². The van der Waals surface area contributed by atoms with Crippen molar-refractivity contribution in [1.82, 2.24) is 15.1 Å². The molecule has 1 fully saturated rings. The summed E-state index contributed by atoms with van der Waals surface area (Å²) < 4.78 is 0. The third kappa shape index (κ3) is 5.44. The molecule has 4 N–H and O–H groups in total. The Bertz CT molecular complexity index is 140. The zero-order valence-corrected chi connectivity index (χ0v) is 9.49. The van der Waals surface area contributed by atoms with E-state index in [1.807, 2.05) is 0 Å². The van der Waals surface area contributed by atoms with Crippen LogP contribution in [-0.4, -0.2) is 80.4 Å². The minimum absolute atomic E-state index is 0.247. The lowest BCUT2D eigenvalue weighted by atomic mass is 10.4. The van der Waals surface area contributed by atoms with Crippen LogP contribution in [0.25, 0.3) is 0 Å². The lowest BCUT2D eigenvalue weighted by Crippen LogP contribution is -2.39. The summed E-state index contributed by atoms with van der Waals surface area (Å²) in [4.78, 5) is 4.67. The molecule has 0 amide bonds. The van der Waals surface area contributed by atoms with E-state index in [0.717, 1.165) is 58.9 Å². The fraction of sp³-hybridized carbons (Fsp3) is 1.00. The van der Waals surface area contributed by atoms with E-state index in [9.17, 15) is 0 Å². The van der Waals surface area contributed by atoms with Crippen LogP contribution in [0.2, 0.25) is 0 Å². The molecule has 1 aliphatic rings. The van der Waals surface area contributed by atoms with Crippen LogP contribution in [0.5, 0.6) is 0 Å². The Morgan fingerprint density at radius 2 is 1.60 bits per heavy atom. The predicted molar refractivity (Wildman–Crippen MR) is 61.9 cm³/mol. The molecule has 0 radical (unpaired) electrons. The van der Waals surface area contributed by atoms with Crippen molar-refractivity contribution < 1.29 is 5.11 Å². The number of hydrogen-bond acceptors (Lipinski definition) is 5. The van der Waals surface area contributed by atoms with Crippen LogP contribution in [0.3, 0.4) is 0 Å². The van der Waals surface area contributed by atoms with Crippen LogP contribution in [0.4, 0.5) is 0 Å². The molecular weight excluding hydrogens is 192 g/mol. The lowest BCUT2D eigenvalue weighted by Gasteiger charge is -2.24. The molecule has 0 atom stereocenters. The van der Waals surface area contributed by atoms with Crippen molar-refractivity contribution in [3.8, 4) is 0 Å². The summed E-state index contributed by atoms with van der Waals surface area (Å²) in [5, 5.41) is 12.3. The van der Waals surface area contributed by atoms with Crippen LogP contribution >= 0.6 is 0 Å². The first-order valence-corrected chi connectivity index (χ1v) is 5.83. The monoisotopic (exact) mass is 216 g/mol. The number of nitrogens with two attached hydrogens (primary N) is 1. The number of aliphatic hydroxyl groups is 1. The Kier molecular flexibility index (Phi) is 6.87. The Morgan fingerprint density at radius 1 is 1.00 bits per heavy atom. The van der Waals surface area contributed by atoms with E-state index in [4.69, 9.17) is 10.8 Å². The largest absolute Gasteiger partial charge is 0.395 e. The summed E-state index contributed by atoms with van der Waals surface area (Å²) >= 11 is 0. The van der Waals surface area contributed by atoms with Crippen LogP contribution in [0.15, 0.2) is 0 Å². The summed E-state index contributed by atoms with van der Waals surface area (Å²) in [7, 11) is 0. The number of rotatable bonds is 4. The van der Waals surface area contributed by atoms with Crippen molar-refractivity contribution in [3.05, 3.63) is 0 Å². The smallest absolute Gasteiger partial charge is 0.0558 e. The molecule has 0 spiro atoms. The quantitative estimate of drug-likeness (QED) is 0.515. The van der Waals surface area contributed by atoms with E-state index < -0.39 is 0 Å². The van der Waals surface area contributed by atoms with E-state index in [-0.39, 0.29) is 6.61 Å². The molecule has 1 aliphatic heterocycles. The van der Waals surface area contributed by atoms with Crippen molar-refractivity contribution in [1.29, 1.82) is 0 Å². The molecule has 5 nitrogen and oxygen atoms in total. The number of hydrogen-bond donors (Lipinski definition) is 3. The SMILES string of the molecule is NCCN1CCNCCN(CCO)CC1. The van der Waals surface area contributed by atoms with Crippen molar-refractivity contribution in [3.63, 3.8) is 0 Å². The summed E-state index contributed by atoms with van der Waals surface area (Å²) in [6.07, 6.45) is 0. The third-order valence-corrected chi connectivity index (χ3v) is 2.80. The van der Waals surface area contributed by atoms with Gasteiger partial charge in [0.1, 0.15) is 0 Å². The van der Waals surface area contributed by atoms with Crippen LogP contribution in [-0.2, 0) is 0 Å². The summed E-state index contributed by atoms with van der Waals surface area (Å²) in [6.45, 7) is 8.94. The predicted octanol–water partition coefficient (Wildman–Crippen LogP) is -1.86. The highest BCUT2D eigenvalue weighted by molar-refractivity contribution is 4.68. The second-order valence-electron chi connectivity index (χ2n) is 3.95. The summed E-state index contributed by atoms with van der Waals surface area (Å²) in [5.74, 6) is 0. The van der Waals surface area contributed by atoms with Crippen LogP contribution < -0.4 is 11.1 Å². The molecular formula is C10H24N4O. The zero-order valence-electron chi connectivity index (χ0n) is 9.49. The fourth-order valence-corrected chi connectivity index (χ4v) is 1.88. The molecule has 0 aromatic heterocycles. The molecule has 0 aromatic carbocycles. The average Bonchev–Trinajstić information content (AvgIpc) is 2.33. The minimum Gasteiger partial charge on any atom is -0.395 e. The molecule has 1 saturated heterocycles. The van der Waals surface area contributed by atoms with Gasteiger partial charge >= 0.3 is 0 Å². The van der Waals surface area contributed by atoms with Gasteiger partial charge in [-0.15, -0.1) is 0 Å². The highest BCUT2D eigenvalue weighted by Gasteiger charge is 2.10. The van der Waals surface area contributed by atoms with Gasteiger partial charge in [0.05, 0.1) is 6.61 Å². The van der Waals surface area contributed by atoms with Gasteiger partial charge < -0.3 is 16.2 Å². The molecule has 90 valence electrons. The van der Waals surface area contributed by atoms with Crippen molar-refractivity contribution in [2.24, 2.45) is 5.73 Å². The fourth-order valence-electron chi connectivity index (χ4n) is 1.88. The molecule has 5 heteroatoms. The second kappa shape index (κ2) is 8.01. The van der Waals surface area contributed by atoms with Crippen LogP contribution in [0.1, 0.15) is 0 Å². The molecule has 0 aromatic rings. The number of aliphatic hydroxyl groups excluding tert-OH is 1. The number of β-amino-alcohol motifs (C(OH)–C–C–N with tert-alkyl or cyclic N) is 1. The van der Waals surface area contributed by atoms with E-state index in [1.165, 1.54) is 0 Å². The van der Waals surface area contributed by atoms with Gasteiger partial charge in [-0.25, -0.2) is 0 Å². The van der Waals surface area contributed by atoms with Gasteiger partial charge in [0.25, 0.3) is 0 Å². The van der Waals surface area contributed by atoms with Gasteiger partial charge in [-0.1, -0.05) is 0 Å². The zero-order chi connectivity index (χ0) is 10.9. The molecule has 1 rings (SSSR count). The van der Waals surface area contributed by atoms with Gasteiger partial charge in [0.2, 0.25) is 0 Å². The highest BCUT2D eigenvalue weighted by atomic mass is 16.3. The van der Waals surface area contributed by atoms with E-state index in [2.05, 4.69) is 15.1 Å². The summed E-state index contributed by atoms with van der Waals surface area (Å²) in [5.41, 5.74) is 5.57. The molecule has 1 heterocycles. The average molecular weight is 216 g/mol. The number of nitrogens with zero attached hydrogens (tertiary/aromatic N) is 2. The maximum atomic E-state index is 8.92. The molecule has 0 bridgehead atoms. The first-order chi connectivity index (χ1) is 7.36. The first-order valence-electron chi connectivity index (χ1n) is 5.83. The van der Waals surface area contributed by atoms with Gasteiger partial charge in [-0.05, 0) is 0 Å². The van der Waals surface area contributed by atoms with Gasteiger partial charge in [0, 0.05) is 58.9 Å². The maximum Gasteiger partial charge on any atom is 0.0558 e. The molecule has 15 heavy (non-hydrogen) atoms. The third-order valence-electron chi connectivity index (χ3n) is 2.80. The van der Waals surface area contributed by atoms with Gasteiger partial charge in [-0.3, -0.25) is 9.80 Å². The normalized spacial score (nSPS) is 22.0. The van der Waals surface area contributed by atoms with Crippen LogP contribution in [0, 0.1) is 0 Å². The topological polar surface area (TPSA) is 64.8 Å². The highest BCUT2D eigenvalue weighted by Crippen LogP contribution is 1.94. The van der Waals surface area contributed by atoms with E-state index in [1.54, 1.807) is 0 Å². The Balaban J connectivity index is 2.33. The Hall–Kier alpha value is -0.200. The number of nitrogens with one attached hydrogen (secondary N) is 1. The van der Waals surface area contributed by atoms with Crippen molar-refractivity contribution in [2.45, 2.75) is 0 Å². The standard InChI is InChI=1S/C10H24N4O/c11-1-4-13-5-2-12-3-6-14(8-7-13)9-10-15/h12,15H,1-11H2. The Morgan fingerprint density at radius 3 is 2.13 bits per heavy atom. The van der Waals surface area contributed by atoms with E-state index >= 15 is 0 Å². The molecule has 0 unspecified atom stereocenters. The molecule has 0 saturated carbocycles. The van der Waals surface area contributed by atoms with E-state index in [0.29, 0.717) is 0 Å². The van der Waals surface area contributed by atoms with Gasteiger partial charge in [0.15, 0.2) is 0 Å². The summed E-state index contributed by atoms with van der Waals surface area (Å²) in [6, 6.07) is 0. The van der Waals surface area contributed by atoms with Crippen molar-refractivity contribution in [2.75, 3.05) is 65.5 Å². The lowest BCUT2D eigenvalue weighted by molar-refractivity contribution is 0.179. The second-order valence-corrected chi connectivity index (χ2v) is 3.95. The van der Waals surface area contributed by atoms with Crippen molar-refractivity contribution >= 4 is 0 Å². The first kappa shape index (κ1) is 12.9.